The van der Waals surface area contributed by atoms with Gasteiger partial charge in [0.1, 0.15) is 5.65 Å². The Hall–Kier alpha value is -3.25. The third-order valence-electron chi connectivity index (χ3n) is 5.16. The first kappa shape index (κ1) is 19.1. The zero-order valence-electron chi connectivity index (χ0n) is 17.3. The van der Waals surface area contributed by atoms with E-state index in [0.29, 0.717) is 12.2 Å². The average Bonchev–Trinajstić information content (AvgIpc) is 2.97. The highest BCUT2D eigenvalue weighted by Crippen LogP contribution is 2.19. The predicted octanol–water partition coefficient (Wildman–Crippen LogP) is 3.44. The Labute approximate surface area is 170 Å². The van der Waals surface area contributed by atoms with Crippen LogP contribution >= 0.6 is 0 Å². The van der Waals surface area contributed by atoms with Crippen LogP contribution in [0.3, 0.4) is 0 Å². The van der Waals surface area contributed by atoms with Crippen LogP contribution in [0, 0.1) is 20.8 Å². The van der Waals surface area contributed by atoms with Crippen molar-refractivity contribution in [2.24, 2.45) is 0 Å². The number of hydrogen-bond donors (Lipinski definition) is 0. The predicted molar refractivity (Wildman–Crippen MR) is 114 cm³/mol. The van der Waals surface area contributed by atoms with Gasteiger partial charge in [0.25, 0.3) is 5.56 Å². The molecule has 0 saturated carbocycles. The second kappa shape index (κ2) is 7.64. The van der Waals surface area contributed by atoms with Crippen LogP contribution < -0.4 is 5.56 Å². The molecule has 0 fully saturated rings. The van der Waals surface area contributed by atoms with Gasteiger partial charge in [-0.05, 0) is 51.6 Å². The van der Waals surface area contributed by atoms with Gasteiger partial charge >= 0.3 is 0 Å². The molecule has 0 saturated heterocycles. The Bertz CT molecular complexity index is 1220. The van der Waals surface area contributed by atoms with Crippen molar-refractivity contribution in [1.82, 2.24) is 24.1 Å². The summed E-state index contributed by atoms with van der Waals surface area (Å²) < 4.78 is 3.58. The number of aryl methyl sites for hydroxylation is 2. The standard InChI is InChI=1S/C23H25N5O/c1-16-10-11-22-24-19(12-23(29)27(22)13-16)14-26(4)15-21-17(2)25-28(18(21)3)20-8-6-5-7-9-20/h5-13H,14-15H2,1-4H3. The molecule has 148 valence electrons. The zero-order valence-corrected chi connectivity index (χ0v) is 17.3. The third kappa shape index (κ3) is 3.84. The van der Waals surface area contributed by atoms with Crippen molar-refractivity contribution in [3.05, 3.63) is 93.3 Å². The summed E-state index contributed by atoms with van der Waals surface area (Å²) in [6.07, 6.45) is 1.82. The zero-order chi connectivity index (χ0) is 20.5. The fourth-order valence-corrected chi connectivity index (χ4v) is 3.67. The van der Waals surface area contributed by atoms with E-state index in [1.54, 1.807) is 10.5 Å². The highest BCUT2D eigenvalue weighted by molar-refractivity contribution is 5.40. The van der Waals surface area contributed by atoms with E-state index in [4.69, 9.17) is 5.10 Å². The molecular formula is C23H25N5O. The van der Waals surface area contributed by atoms with Crippen molar-refractivity contribution < 1.29 is 0 Å². The van der Waals surface area contributed by atoms with Gasteiger partial charge in [0.05, 0.1) is 17.1 Å². The average molecular weight is 387 g/mol. The van der Waals surface area contributed by atoms with Gasteiger partial charge in [0.15, 0.2) is 0 Å². The van der Waals surface area contributed by atoms with Gasteiger partial charge < -0.3 is 0 Å². The largest absolute Gasteiger partial charge is 0.296 e. The molecule has 0 atom stereocenters. The number of benzene rings is 1. The second-order valence-corrected chi connectivity index (χ2v) is 7.59. The number of fused-ring (bicyclic) bond motifs is 1. The van der Waals surface area contributed by atoms with Gasteiger partial charge in [-0.25, -0.2) is 9.67 Å². The van der Waals surface area contributed by atoms with Crippen LogP contribution in [0.4, 0.5) is 0 Å². The summed E-state index contributed by atoms with van der Waals surface area (Å²) in [6.45, 7) is 7.43. The molecule has 0 N–H and O–H groups in total. The molecule has 0 aliphatic heterocycles. The number of nitrogens with zero attached hydrogens (tertiary/aromatic N) is 5. The van der Waals surface area contributed by atoms with E-state index in [1.807, 2.05) is 62.1 Å². The number of pyridine rings is 1. The highest BCUT2D eigenvalue weighted by Gasteiger charge is 2.15. The molecule has 29 heavy (non-hydrogen) atoms. The number of aromatic nitrogens is 4. The van der Waals surface area contributed by atoms with Gasteiger partial charge in [0.2, 0.25) is 0 Å². The molecule has 1 aromatic carbocycles. The summed E-state index contributed by atoms with van der Waals surface area (Å²) in [6, 6.07) is 15.6. The topological polar surface area (TPSA) is 55.4 Å². The van der Waals surface area contributed by atoms with Crippen LogP contribution in [-0.2, 0) is 13.1 Å². The maximum atomic E-state index is 12.5. The van der Waals surface area contributed by atoms with Crippen LogP contribution in [0.25, 0.3) is 11.3 Å². The molecular weight excluding hydrogens is 362 g/mol. The maximum absolute atomic E-state index is 12.5. The number of rotatable bonds is 5. The van der Waals surface area contributed by atoms with Crippen LogP contribution in [0.1, 0.15) is 28.2 Å². The molecule has 0 aliphatic rings. The molecule has 3 aromatic heterocycles. The summed E-state index contributed by atoms with van der Waals surface area (Å²) in [5, 5.41) is 4.72. The van der Waals surface area contributed by atoms with Crippen molar-refractivity contribution in [3.63, 3.8) is 0 Å². The van der Waals surface area contributed by atoms with Crippen LogP contribution in [0.2, 0.25) is 0 Å². The van der Waals surface area contributed by atoms with E-state index < -0.39 is 0 Å². The minimum absolute atomic E-state index is 0.0497. The maximum Gasteiger partial charge on any atom is 0.258 e. The second-order valence-electron chi connectivity index (χ2n) is 7.59. The lowest BCUT2D eigenvalue weighted by atomic mass is 10.2. The SMILES string of the molecule is Cc1ccc2nc(CN(C)Cc3c(C)nn(-c4ccccc4)c3C)cc(=O)n2c1. The van der Waals surface area contributed by atoms with Gasteiger partial charge in [0, 0.05) is 36.6 Å². The van der Waals surface area contributed by atoms with Crippen molar-refractivity contribution in [2.45, 2.75) is 33.9 Å². The van der Waals surface area contributed by atoms with Crippen molar-refractivity contribution in [2.75, 3.05) is 7.05 Å². The quantitative estimate of drug-likeness (QED) is 0.526. The van der Waals surface area contributed by atoms with Crippen molar-refractivity contribution in [1.29, 1.82) is 0 Å². The van der Waals surface area contributed by atoms with E-state index in [9.17, 15) is 4.79 Å². The minimum Gasteiger partial charge on any atom is -0.296 e. The van der Waals surface area contributed by atoms with Crippen LogP contribution in [0.15, 0.2) is 59.5 Å². The first-order valence-electron chi connectivity index (χ1n) is 9.70. The smallest absolute Gasteiger partial charge is 0.258 e. The molecule has 6 heteroatoms. The molecule has 3 heterocycles. The van der Waals surface area contributed by atoms with Gasteiger partial charge in [-0.3, -0.25) is 14.1 Å². The van der Waals surface area contributed by atoms with Gasteiger partial charge in [-0.1, -0.05) is 24.3 Å². The van der Waals surface area contributed by atoms with E-state index in [-0.39, 0.29) is 5.56 Å². The normalized spacial score (nSPS) is 11.5. The molecule has 4 aromatic rings. The lowest BCUT2D eigenvalue weighted by Gasteiger charge is -2.17. The molecule has 6 nitrogen and oxygen atoms in total. The molecule has 0 unspecified atom stereocenters. The Morgan fingerprint density at radius 1 is 1.00 bits per heavy atom. The molecule has 0 aliphatic carbocycles. The monoisotopic (exact) mass is 387 g/mol. The lowest BCUT2D eigenvalue weighted by molar-refractivity contribution is 0.313. The third-order valence-corrected chi connectivity index (χ3v) is 5.16. The molecule has 0 bridgehead atoms. The first-order valence-corrected chi connectivity index (χ1v) is 9.70. The molecule has 0 radical (unpaired) electrons. The Balaban J connectivity index is 1.57. The van der Waals surface area contributed by atoms with E-state index in [1.165, 1.54) is 5.56 Å². The van der Waals surface area contributed by atoms with Gasteiger partial charge in [-0.15, -0.1) is 0 Å². The fraction of sp³-hybridized carbons (Fsp3) is 0.261. The summed E-state index contributed by atoms with van der Waals surface area (Å²) in [7, 11) is 2.04. The molecule has 4 rings (SSSR count). The minimum atomic E-state index is -0.0497. The van der Waals surface area contributed by atoms with Crippen molar-refractivity contribution >= 4 is 5.65 Å². The number of hydrogen-bond acceptors (Lipinski definition) is 4. The molecule has 0 spiro atoms. The summed E-state index contributed by atoms with van der Waals surface area (Å²) in [4.78, 5) is 19.3. The lowest BCUT2D eigenvalue weighted by Crippen LogP contribution is -2.22. The Morgan fingerprint density at radius 3 is 2.52 bits per heavy atom. The highest BCUT2D eigenvalue weighted by atomic mass is 16.1. The van der Waals surface area contributed by atoms with Gasteiger partial charge in [-0.2, -0.15) is 5.10 Å². The van der Waals surface area contributed by atoms with E-state index in [2.05, 4.69) is 28.9 Å². The fourth-order valence-electron chi connectivity index (χ4n) is 3.67. The van der Waals surface area contributed by atoms with Crippen LogP contribution in [0.5, 0.6) is 0 Å². The summed E-state index contributed by atoms with van der Waals surface area (Å²) >= 11 is 0. The first-order chi connectivity index (χ1) is 13.9. The summed E-state index contributed by atoms with van der Waals surface area (Å²) in [5.41, 5.74) is 6.83. The summed E-state index contributed by atoms with van der Waals surface area (Å²) in [5.74, 6) is 0. The van der Waals surface area contributed by atoms with E-state index in [0.717, 1.165) is 34.9 Å². The molecule has 0 amide bonds. The van der Waals surface area contributed by atoms with Crippen LogP contribution in [-0.4, -0.2) is 31.1 Å². The Morgan fingerprint density at radius 2 is 1.76 bits per heavy atom. The van der Waals surface area contributed by atoms with Crippen molar-refractivity contribution in [3.8, 4) is 5.69 Å². The van der Waals surface area contributed by atoms with E-state index >= 15 is 0 Å². The number of para-hydroxylation sites is 1. The Kier molecular flexibility index (Phi) is 5.03.